The molecule has 1 N–H and O–H groups in total. The molecule has 0 aromatic heterocycles. The van der Waals surface area contributed by atoms with Crippen LogP contribution in [-0.4, -0.2) is 60.6 Å². The van der Waals surface area contributed by atoms with Gasteiger partial charge in [0.2, 0.25) is 0 Å². The van der Waals surface area contributed by atoms with Crippen LogP contribution in [0, 0.1) is 12.7 Å². The van der Waals surface area contributed by atoms with E-state index >= 15 is 0 Å². The SMILES string of the molecule is Cc1ccc(CNC(=O)[C@@H]2CN(C)CC3(CCN(Cc4cccc(F)c4)CC3)O2)cc1. The van der Waals surface area contributed by atoms with E-state index in [0.717, 1.165) is 50.1 Å². The van der Waals surface area contributed by atoms with Crippen molar-refractivity contribution in [1.82, 2.24) is 15.1 Å². The van der Waals surface area contributed by atoms with Crippen LogP contribution >= 0.6 is 0 Å². The van der Waals surface area contributed by atoms with E-state index in [4.69, 9.17) is 4.74 Å². The number of amides is 1. The Hall–Kier alpha value is -2.28. The van der Waals surface area contributed by atoms with Crippen molar-refractivity contribution in [2.24, 2.45) is 0 Å². The van der Waals surface area contributed by atoms with Crippen LogP contribution in [0.25, 0.3) is 0 Å². The molecule has 0 aliphatic carbocycles. The molecule has 0 bridgehead atoms. The Labute approximate surface area is 184 Å². The van der Waals surface area contributed by atoms with Gasteiger partial charge in [0.15, 0.2) is 0 Å². The second kappa shape index (κ2) is 9.47. The van der Waals surface area contributed by atoms with Crippen molar-refractivity contribution >= 4 is 5.91 Å². The molecular formula is C25H32FN3O2. The number of hydrogen-bond donors (Lipinski definition) is 1. The van der Waals surface area contributed by atoms with E-state index in [1.165, 1.54) is 11.6 Å². The Morgan fingerprint density at radius 2 is 1.90 bits per heavy atom. The number of carbonyl (C=O) groups excluding carboxylic acids is 1. The molecule has 0 unspecified atom stereocenters. The molecule has 1 spiro atoms. The Balaban J connectivity index is 1.31. The third-order valence-electron chi connectivity index (χ3n) is 6.37. The molecule has 2 heterocycles. The first kappa shape index (κ1) is 21.9. The minimum absolute atomic E-state index is 0.0475. The maximum atomic E-state index is 13.5. The van der Waals surface area contributed by atoms with Gasteiger partial charge >= 0.3 is 0 Å². The fraction of sp³-hybridized carbons (Fsp3) is 0.480. The molecule has 4 rings (SSSR count). The predicted octanol–water partition coefficient (Wildman–Crippen LogP) is 3.12. The zero-order chi connectivity index (χ0) is 21.8. The average molecular weight is 426 g/mol. The third kappa shape index (κ3) is 5.70. The maximum Gasteiger partial charge on any atom is 0.250 e. The molecule has 1 amide bonds. The van der Waals surface area contributed by atoms with Crippen LogP contribution in [0.2, 0.25) is 0 Å². The minimum Gasteiger partial charge on any atom is -0.359 e. The number of likely N-dealkylation sites (tertiary alicyclic amines) is 1. The summed E-state index contributed by atoms with van der Waals surface area (Å²) in [5.41, 5.74) is 2.99. The van der Waals surface area contributed by atoms with Crippen LogP contribution in [0.1, 0.15) is 29.5 Å². The van der Waals surface area contributed by atoms with E-state index in [0.29, 0.717) is 13.1 Å². The summed E-state index contributed by atoms with van der Waals surface area (Å²) in [5.74, 6) is -0.239. The number of carbonyl (C=O) groups is 1. The molecule has 0 radical (unpaired) electrons. The number of morpholine rings is 1. The lowest BCUT2D eigenvalue weighted by atomic mass is 9.88. The summed E-state index contributed by atoms with van der Waals surface area (Å²) in [6.45, 7) is 6.50. The van der Waals surface area contributed by atoms with Gasteiger partial charge in [0.05, 0.1) is 5.60 Å². The van der Waals surface area contributed by atoms with E-state index in [1.807, 2.05) is 18.2 Å². The average Bonchev–Trinajstić information content (AvgIpc) is 2.74. The fourth-order valence-electron chi connectivity index (χ4n) is 4.65. The van der Waals surface area contributed by atoms with Crippen LogP contribution in [0.4, 0.5) is 4.39 Å². The van der Waals surface area contributed by atoms with E-state index in [9.17, 15) is 9.18 Å². The fourth-order valence-corrected chi connectivity index (χ4v) is 4.65. The molecule has 6 heteroatoms. The van der Waals surface area contributed by atoms with Crippen molar-refractivity contribution in [3.8, 4) is 0 Å². The number of benzene rings is 2. The lowest BCUT2D eigenvalue weighted by Crippen LogP contribution is -2.61. The maximum absolute atomic E-state index is 13.5. The number of hydrogen-bond acceptors (Lipinski definition) is 4. The zero-order valence-electron chi connectivity index (χ0n) is 18.4. The van der Waals surface area contributed by atoms with Gasteiger partial charge in [-0.3, -0.25) is 9.69 Å². The molecule has 2 aliphatic rings. The summed E-state index contributed by atoms with van der Waals surface area (Å²) in [5, 5.41) is 3.04. The first-order chi connectivity index (χ1) is 14.9. The highest BCUT2D eigenvalue weighted by Gasteiger charge is 2.43. The summed E-state index contributed by atoms with van der Waals surface area (Å²) in [6, 6.07) is 15.0. The van der Waals surface area contributed by atoms with Crippen molar-refractivity contribution in [1.29, 1.82) is 0 Å². The number of nitrogens with zero attached hydrogens (tertiary/aromatic N) is 2. The van der Waals surface area contributed by atoms with E-state index < -0.39 is 6.10 Å². The molecule has 2 fully saturated rings. The molecular weight excluding hydrogens is 393 g/mol. The molecule has 2 saturated heterocycles. The summed E-state index contributed by atoms with van der Waals surface area (Å²) in [4.78, 5) is 17.4. The van der Waals surface area contributed by atoms with Crippen molar-refractivity contribution < 1.29 is 13.9 Å². The normalized spacial score (nSPS) is 21.8. The molecule has 2 aromatic rings. The minimum atomic E-state index is -0.459. The third-order valence-corrected chi connectivity index (χ3v) is 6.37. The summed E-state index contributed by atoms with van der Waals surface area (Å²) in [6.07, 6.45) is 1.28. The number of nitrogens with one attached hydrogen (secondary N) is 1. The highest BCUT2D eigenvalue weighted by atomic mass is 19.1. The smallest absolute Gasteiger partial charge is 0.250 e. The quantitative estimate of drug-likeness (QED) is 0.800. The predicted molar refractivity (Wildman–Crippen MR) is 119 cm³/mol. The lowest BCUT2D eigenvalue weighted by molar-refractivity contribution is -0.182. The number of aryl methyl sites for hydroxylation is 1. The summed E-state index contributed by atoms with van der Waals surface area (Å²) in [7, 11) is 2.06. The van der Waals surface area contributed by atoms with Gasteiger partial charge in [0.1, 0.15) is 11.9 Å². The summed E-state index contributed by atoms with van der Waals surface area (Å²) >= 11 is 0. The van der Waals surface area contributed by atoms with Gasteiger partial charge < -0.3 is 15.0 Å². The molecule has 2 aromatic carbocycles. The standard InChI is InChI=1S/C25H32FN3O2/c1-19-6-8-20(9-7-19)15-27-24(30)23-17-28(2)18-25(31-23)10-12-29(13-11-25)16-21-4-3-5-22(26)14-21/h3-9,14,23H,10-13,15-18H2,1-2H3,(H,27,30)/t23-/m0/s1. The molecule has 166 valence electrons. The Morgan fingerprint density at radius 1 is 1.16 bits per heavy atom. The van der Waals surface area contributed by atoms with Gasteiger partial charge in [0, 0.05) is 39.3 Å². The van der Waals surface area contributed by atoms with Gasteiger partial charge in [0.25, 0.3) is 5.91 Å². The lowest BCUT2D eigenvalue weighted by Gasteiger charge is -2.48. The van der Waals surface area contributed by atoms with Gasteiger partial charge in [-0.1, -0.05) is 42.0 Å². The first-order valence-electron chi connectivity index (χ1n) is 11.1. The monoisotopic (exact) mass is 425 g/mol. The Bertz CT molecular complexity index is 894. The topological polar surface area (TPSA) is 44.8 Å². The number of ether oxygens (including phenoxy) is 1. The molecule has 5 nitrogen and oxygen atoms in total. The zero-order valence-corrected chi connectivity index (χ0v) is 18.4. The Kier molecular flexibility index (Phi) is 6.70. The second-order valence-electron chi connectivity index (χ2n) is 9.10. The van der Waals surface area contributed by atoms with Crippen LogP contribution in [0.3, 0.4) is 0 Å². The van der Waals surface area contributed by atoms with Crippen molar-refractivity contribution in [2.45, 2.75) is 44.6 Å². The Morgan fingerprint density at radius 3 is 2.61 bits per heavy atom. The molecule has 2 aliphatic heterocycles. The number of likely N-dealkylation sites (N-methyl/N-ethyl adjacent to an activating group) is 1. The van der Waals surface area contributed by atoms with Gasteiger partial charge in [-0.15, -0.1) is 0 Å². The van der Waals surface area contributed by atoms with E-state index in [2.05, 4.69) is 41.2 Å². The van der Waals surface area contributed by atoms with Crippen LogP contribution in [0.5, 0.6) is 0 Å². The first-order valence-corrected chi connectivity index (χ1v) is 11.1. The van der Waals surface area contributed by atoms with E-state index in [-0.39, 0.29) is 17.3 Å². The van der Waals surface area contributed by atoms with Crippen LogP contribution in [-0.2, 0) is 22.6 Å². The van der Waals surface area contributed by atoms with Crippen LogP contribution in [0.15, 0.2) is 48.5 Å². The van der Waals surface area contributed by atoms with Gasteiger partial charge in [-0.25, -0.2) is 4.39 Å². The second-order valence-corrected chi connectivity index (χ2v) is 9.10. The molecule has 31 heavy (non-hydrogen) atoms. The van der Waals surface area contributed by atoms with Crippen LogP contribution < -0.4 is 5.32 Å². The van der Waals surface area contributed by atoms with Crippen molar-refractivity contribution in [2.75, 3.05) is 33.2 Å². The molecule has 1 atom stereocenters. The molecule has 0 saturated carbocycles. The van der Waals surface area contributed by atoms with Gasteiger partial charge in [-0.05, 0) is 50.1 Å². The number of halogens is 1. The number of piperidine rings is 1. The van der Waals surface area contributed by atoms with Gasteiger partial charge in [-0.2, -0.15) is 0 Å². The van der Waals surface area contributed by atoms with Crippen molar-refractivity contribution in [3.05, 3.63) is 71.0 Å². The van der Waals surface area contributed by atoms with Crippen molar-refractivity contribution in [3.63, 3.8) is 0 Å². The number of rotatable bonds is 5. The highest BCUT2D eigenvalue weighted by Crippen LogP contribution is 2.32. The largest absolute Gasteiger partial charge is 0.359 e. The summed E-state index contributed by atoms with van der Waals surface area (Å²) < 4.78 is 19.9. The highest BCUT2D eigenvalue weighted by molar-refractivity contribution is 5.81. The van der Waals surface area contributed by atoms with E-state index in [1.54, 1.807) is 12.1 Å².